The van der Waals surface area contributed by atoms with E-state index in [4.69, 9.17) is 11.6 Å². The molecular formula is C14H25ClN2O2S. The standard InChI is InChI=1S/C14H25ClN2O2S/c1-6-7-17-10-14(8-13(17)9-15)20(18,19)16(5)12(4)11(2)3/h8,10-12H,6-7,9H2,1-5H3. The van der Waals surface area contributed by atoms with E-state index < -0.39 is 10.0 Å². The van der Waals surface area contributed by atoms with Gasteiger partial charge >= 0.3 is 0 Å². The molecule has 4 nitrogen and oxygen atoms in total. The van der Waals surface area contributed by atoms with Crippen LogP contribution in [0, 0.1) is 5.92 Å². The van der Waals surface area contributed by atoms with Crippen molar-refractivity contribution in [3.05, 3.63) is 18.0 Å². The summed E-state index contributed by atoms with van der Waals surface area (Å²) in [7, 11) is -1.82. The second-order valence-corrected chi connectivity index (χ2v) is 7.76. The summed E-state index contributed by atoms with van der Waals surface area (Å²) in [6, 6.07) is 1.63. The van der Waals surface area contributed by atoms with E-state index in [9.17, 15) is 8.42 Å². The van der Waals surface area contributed by atoms with Crippen LogP contribution < -0.4 is 0 Å². The number of hydrogen-bond donors (Lipinski definition) is 0. The number of hydrogen-bond acceptors (Lipinski definition) is 2. The van der Waals surface area contributed by atoms with Gasteiger partial charge in [0.25, 0.3) is 0 Å². The molecule has 1 aromatic heterocycles. The van der Waals surface area contributed by atoms with Crippen LogP contribution in [0.5, 0.6) is 0 Å². The lowest BCUT2D eigenvalue weighted by Gasteiger charge is -2.26. The van der Waals surface area contributed by atoms with Crippen LogP contribution in [-0.2, 0) is 22.4 Å². The molecule has 0 aliphatic heterocycles. The topological polar surface area (TPSA) is 42.3 Å². The van der Waals surface area contributed by atoms with E-state index in [0.717, 1.165) is 18.7 Å². The van der Waals surface area contributed by atoms with Gasteiger partial charge in [-0.25, -0.2) is 8.42 Å². The van der Waals surface area contributed by atoms with E-state index in [1.165, 1.54) is 4.31 Å². The van der Waals surface area contributed by atoms with Gasteiger partial charge in [0, 0.05) is 31.5 Å². The maximum Gasteiger partial charge on any atom is 0.244 e. The highest BCUT2D eigenvalue weighted by molar-refractivity contribution is 7.89. The van der Waals surface area contributed by atoms with E-state index >= 15 is 0 Å². The van der Waals surface area contributed by atoms with E-state index in [0.29, 0.717) is 10.8 Å². The zero-order valence-electron chi connectivity index (χ0n) is 12.9. The Kier molecular flexibility index (Phi) is 6.10. The summed E-state index contributed by atoms with van der Waals surface area (Å²) >= 11 is 5.89. The van der Waals surface area contributed by atoms with Crippen LogP contribution in [0.15, 0.2) is 17.2 Å². The molecule has 0 saturated carbocycles. The Balaban J connectivity index is 3.15. The van der Waals surface area contributed by atoms with Crippen molar-refractivity contribution in [2.75, 3.05) is 7.05 Å². The molecule has 1 atom stereocenters. The molecule has 0 spiro atoms. The smallest absolute Gasteiger partial charge is 0.244 e. The lowest BCUT2D eigenvalue weighted by Crippen LogP contribution is -2.38. The predicted molar refractivity (Wildman–Crippen MR) is 83.5 cm³/mol. The van der Waals surface area contributed by atoms with Crippen LogP contribution in [0.1, 0.15) is 39.8 Å². The third kappa shape index (κ3) is 3.57. The summed E-state index contributed by atoms with van der Waals surface area (Å²) in [5.41, 5.74) is 0.845. The Morgan fingerprint density at radius 3 is 2.40 bits per heavy atom. The number of aromatic nitrogens is 1. The molecule has 0 N–H and O–H groups in total. The Hall–Kier alpha value is -0.520. The van der Waals surface area contributed by atoms with Gasteiger partial charge in [0.15, 0.2) is 0 Å². The van der Waals surface area contributed by atoms with Crippen LogP contribution in [0.2, 0.25) is 0 Å². The fourth-order valence-corrected chi connectivity index (χ4v) is 3.82. The number of nitrogens with zero attached hydrogens (tertiary/aromatic N) is 2. The molecule has 0 fully saturated rings. The van der Waals surface area contributed by atoms with Crippen molar-refractivity contribution in [3.63, 3.8) is 0 Å². The Morgan fingerprint density at radius 2 is 1.95 bits per heavy atom. The largest absolute Gasteiger partial charge is 0.349 e. The first-order valence-corrected chi connectivity index (χ1v) is 8.96. The summed E-state index contributed by atoms with van der Waals surface area (Å²) in [6.07, 6.45) is 2.64. The van der Waals surface area contributed by atoms with Gasteiger partial charge in [-0.2, -0.15) is 4.31 Å². The molecule has 1 heterocycles. The molecule has 20 heavy (non-hydrogen) atoms. The highest BCUT2D eigenvalue weighted by atomic mass is 35.5. The van der Waals surface area contributed by atoms with Crippen LogP contribution >= 0.6 is 11.6 Å². The molecular weight excluding hydrogens is 296 g/mol. The van der Waals surface area contributed by atoms with Crippen molar-refractivity contribution in [1.29, 1.82) is 0 Å². The molecule has 0 aromatic carbocycles. The molecule has 1 rings (SSSR count). The third-order valence-electron chi connectivity index (χ3n) is 3.78. The van der Waals surface area contributed by atoms with E-state index in [1.54, 1.807) is 19.3 Å². The Bertz CT molecular complexity index is 537. The zero-order chi connectivity index (χ0) is 15.5. The number of rotatable bonds is 7. The minimum atomic E-state index is -3.46. The number of aryl methyl sites for hydroxylation is 1. The van der Waals surface area contributed by atoms with Crippen LogP contribution in [0.25, 0.3) is 0 Å². The Morgan fingerprint density at radius 1 is 1.35 bits per heavy atom. The fraction of sp³-hybridized carbons (Fsp3) is 0.714. The third-order valence-corrected chi connectivity index (χ3v) is 5.96. The maximum atomic E-state index is 12.6. The van der Waals surface area contributed by atoms with Crippen molar-refractivity contribution in [3.8, 4) is 0 Å². The first-order valence-electron chi connectivity index (χ1n) is 6.98. The van der Waals surface area contributed by atoms with Gasteiger partial charge in [-0.05, 0) is 25.3 Å². The maximum absolute atomic E-state index is 12.6. The van der Waals surface area contributed by atoms with Gasteiger partial charge in [0.05, 0.1) is 5.88 Å². The summed E-state index contributed by atoms with van der Waals surface area (Å²) in [6.45, 7) is 8.79. The van der Waals surface area contributed by atoms with Crippen molar-refractivity contribution in [1.82, 2.24) is 8.87 Å². The van der Waals surface area contributed by atoms with Crippen LogP contribution in [-0.4, -0.2) is 30.4 Å². The quantitative estimate of drug-likeness (QED) is 0.723. The lowest BCUT2D eigenvalue weighted by molar-refractivity contribution is 0.315. The predicted octanol–water partition coefficient (Wildman–Crippen LogP) is 3.30. The van der Waals surface area contributed by atoms with Gasteiger partial charge in [-0.1, -0.05) is 20.8 Å². The molecule has 0 aliphatic carbocycles. The molecule has 0 aliphatic rings. The average molecular weight is 321 g/mol. The highest BCUT2D eigenvalue weighted by Gasteiger charge is 2.28. The summed E-state index contributed by atoms with van der Waals surface area (Å²) in [4.78, 5) is 0.330. The van der Waals surface area contributed by atoms with Crippen LogP contribution in [0.3, 0.4) is 0 Å². The first kappa shape index (κ1) is 17.5. The average Bonchev–Trinajstić information content (AvgIpc) is 2.81. The monoisotopic (exact) mass is 320 g/mol. The van der Waals surface area contributed by atoms with Crippen molar-refractivity contribution >= 4 is 21.6 Å². The van der Waals surface area contributed by atoms with Crippen molar-refractivity contribution in [2.45, 2.75) is 57.5 Å². The van der Waals surface area contributed by atoms with Crippen LogP contribution in [0.4, 0.5) is 0 Å². The fourth-order valence-electron chi connectivity index (χ4n) is 2.03. The van der Waals surface area contributed by atoms with Gasteiger partial charge < -0.3 is 4.57 Å². The van der Waals surface area contributed by atoms with E-state index in [1.807, 2.05) is 25.3 Å². The highest BCUT2D eigenvalue weighted by Crippen LogP contribution is 2.23. The molecule has 0 saturated heterocycles. The molecule has 116 valence electrons. The first-order chi connectivity index (χ1) is 9.25. The number of alkyl halides is 1. The number of halogens is 1. The molecule has 0 radical (unpaired) electrons. The SMILES string of the molecule is CCCn1cc(S(=O)(=O)N(C)C(C)C(C)C)cc1CCl. The van der Waals surface area contributed by atoms with E-state index in [-0.39, 0.29) is 12.0 Å². The summed E-state index contributed by atoms with van der Waals surface area (Å²) in [5.74, 6) is 0.582. The van der Waals surface area contributed by atoms with E-state index in [2.05, 4.69) is 6.92 Å². The van der Waals surface area contributed by atoms with Crippen molar-refractivity contribution in [2.24, 2.45) is 5.92 Å². The second-order valence-electron chi connectivity index (χ2n) is 5.50. The molecule has 0 amide bonds. The lowest BCUT2D eigenvalue weighted by atomic mass is 10.1. The molecule has 0 bridgehead atoms. The summed E-state index contributed by atoms with van der Waals surface area (Å²) < 4.78 is 28.6. The zero-order valence-corrected chi connectivity index (χ0v) is 14.5. The summed E-state index contributed by atoms with van der Waals surface area (Å²) in [5, 5.41) is 0. The normalized spacial score (nSPS) is 14.2. The minimum Gasteiger partial charge on any atom is -0.349 e. The second kappa shape index (κ2) is 6.96. The van der Waals surface area contributed by atoms with Gasteiger partial charge in [-0.15, -0.1) is 11.6 Å². The van der Waals surface area contributed by atoms with Gasteiger partial charge in [-0.3, -0.25) is 0 Å². The molecule has 1 unspecified atom stereocenters. The number of sulfonamides is 1. The Labute approximate surface area is 127 Å². The minimum absolute atomic E-state index is 0.0472. The van der Waals surface area contributed by atoms with Gasteiger partial charge in [0.1, 0.15) is 4.90 Å². The van der Waals surface area contributed by atoms with Gasteiger partial charge in [0.2, 0.25) is 10.0 Å². The molecule has 1 aromatic rings. The van der Waals surface area contributed by atoms with Crippen molar-refractivity contribution < 1.29 is 8.42 Å². The molecule has 6 heteroatoms.